The molecule has 1 aliphatic rings. The Kier molecular flexibility index (Phi) is 4.93. The van der Waals surface area contributed by atoms with Crippen LogP contribution in [0.5, 0.6) is 5.88 Å². The summed E-state index contributed by atoms with van der Waals surface area (Å²) in [5.74, 6) is 2.01. The molecule has 3 aromatic rings. The van der Waals surface area contributed by atoms with Gasteiger partial charge in [-0.2, -0.15) is 0 Å². The third-order valence-electron chi connectivity index (χ3n) is 5.32. The normalized spacial score (nSPS) is 15.2. The molecule has 3 heterocycles. The number of benzene rings is 1. The molecule has 1 fully saturated rings. The second kappa shape index (κ2) is 7.53. The lowest BCUT2D eigenvalue weighted by molar-refractivity contribution is 0.347. The number of fused-ring (bicyclic) bond motifs is 1. The van der Waals surface area contributed by atoms with Crippen LogP contribution in [0.1, 0.15) is 18.7 Å². The maximum Gasteiger partial charge on any atom is 0.261 e. The van der Waals surface area contributed by atoms with Gasteiger partial charge in [-0.05, 0) is 37.8 Å². The second-order valence-electron chi connectivity index (χ2n) is 7.09. The number of hydrogen-bond acceptors (Lipinski definition) is 6. The topological polar surface area (TPSA) is 73.1 Å². The molecule has 1 aliphatic heterocycles. The molecule has 1 saturated heterocycles. The summed E-state index contributed by atoms with van der Waals surface area (Å²) in [7, 11) is 1.59. The molecule has 0 saturated carbocycles. The van der Waals surface area contributed by atoms with Crippen molar-refractivity contribution in [1.29, 1.82) is 0 Å². The predicted octanol–water partition coefficient (Wildman–Crippen LogP) is 2.56. The molecule has 28 heavy (non-hydrogen) atoms. The van der Waals surface area contributed by atoms with Crippen LogP contribution in [-0.4, -0.2) is 39.7 Å². The van der Waals surface area contributed by atoms with Crippen molar-refractivity contribution in [1.82, 2.24) is 19.5 Å². The van der Waals surface area contributed by atoms with Crippen LogP contribution in [0, 0.1) is 18.7 Å². The monoisotopic (exact) mass is 383 g/mol. The van der Waals surface area contributed by atoms with Crippen LogP contribution in [0.4, 0.5) is 10.2 Å². The number of aryl methyl sites for hydroxylation is 1. The Bertz CT molecular complexity index is 1060. The van der Waals surface area contributed by atoms with Crippen LogP contribution < -0.4 is 15.2 Å². The largest absolute Gasteiger partial charge is 0.481 e. The zero-order valence-corrected chi connectivity index (χ0v) is 15.9. The van der Waals surface area contributed by atoms with Gasteiger partial charge in [-0.3, -0.25) is 9.36 Å². The summed E-state index contributed by atoms with van der Waals surface area (Å²) in [5, 5.41) is 0.456. The van der Waals surface area contributed by atoms with Gasteiger partial charge in [0.2, 0.25) is 5.88 Å². The van der Waals surface area contributed by atoms with Crippen LogP contribution >= 0.6 is 0 Å². The van der Waals surface area contributed by atoms with Gasteiger partial charge in [0, 0.05) is 31.8 Å². The molecule has 0 bridgehead atoms. The number of piperidine rings is 1. The molecule has 0 aliphatic carbocycles. The minimum atomic E-state index is -0.384. The SMILES string of the molecule is COc1cc(N2CCC(Cn3c(C)nc4cc(F)ccc4c3=O)CC2)ncn1. The Morgan fingerprint density at radius 1 is 1.21 bits per heavy atom. The highest BCUT2D eigenvalue weighted by Crippen LogP contribution is 2.24. The van der Waals surface area contributed by atoms with E-state index in [1.54, 1.807) is 18.6 Å². The molecule has 146 valence electrons. The molecule has 2 aromatic heterocycles. The molecule has 0 atom stereocenters. The molecule has 0 unspecified atom stereocenters. The van der Waals surface area contributed by atoms with E-state index < -0.39 is 0 Å². The van der Waals surface area contributed by atoms with Gasteiger partial charge in [-0.15, -0.1) is 0 Å². The predicted molar refractivity (Wildman–Crippen MR) is 104 cm³/mol. The van der Waals surface area contributed by atoms with E-state index in [0.717, 1.165) is 31.7 Å². The number of rotatable bonds is 4. The average molecular weight is 383 g/mol. The molecule has 0 radical (unpaired) electrons. The van der Waals surface area contributed by atoms with E-state index in [1.165, 1.54) is 24.5 Å². The van der Waals surface area contributed by atoms with Crippen molar-refractivity contribution in [2.75, 3.05) is 25.1 Å². The first kappa shape index (κ1) is 18.3. The Balaban J connectivity index is 1.49. The van der Waals surface area contributed by atoms with Crippen molar-refractivity contribution in [2.24, 2.45) is 5.92 Å². The number of halogens is 1. The van der Waals surface area contributed by atoms with Gasteiger partial charge in [-0.25, -0.2) is 19.3 Å². The summed E-state index contributed by atoms with van der Waals surface area (Å²) in [6.45, 7) is 4.12. The van der Waals surface area contributed by atoms with Gasteiger partial charge in [0.25, 0.3) is 5.56 Å². The van der Waals surface area contributed by atoms with Crippen molar-refractivity contribution >= 4 is 16.7 Å². The lowest BCUT2D eigenvalue weighted by Gasteiger charge is -2.33. The van der Waals surface area contributed by atoms with Gasteiger partial charge < -0.3 is 9.64 Å². The lowest BCUT2D eigenvalue weighted by atomic mass is 9.96. The zero-order valence-electron chi connectivity index (χ0n) is 15.9. The van der Waals surface area contributed by atoms with E-state index in [4.69, 9.17) is 4.74 Å². The highest BCUT2D eigenvalue weighted by atomic mass is 19.1. The Morgan fingerprint density at radius 3 is 2.75 bits per heavy atom. The molecule has 0 amide bonds. The van der Waals surface area contributed by atoms with E-state index >= 15 is 0 Å². The van der Waals surface area contributed by atoms with Gasteiger partial charge >= 0.3 is 0 Å². The molecule has 0 spiro atoms. The van der Waals surface area contributed by atoms with Crippen LogP contribution in [0.15, 0.2) is 35.4 Å². The van der Waals surface area contributed by atoms with Gasteiger partial charge in [0.15, 0.2) is 0 Å². The summed E-state index contributed by atoms with van der Waals surface area (Å²) in [6, 6.07) is 5.96. The fraction of sp³-hybridized carbons (Fsp3) is 0.400. The third kappa shape index (κ3) is 3.54. The van der Waals surface area contributed by atoms with E-state index in [2.05, 4.69) is 19.9 Å². The second-order valence-corrected chi connectivity index (χ2v) is 7.09. The van der Waals surface area contributed by atoms with Crippen LogP contribution in [0.25, 0.3) is 10.9 Å². The highest BCUT2D eigenvalue weighted by Gasteiger charge is 2.22. The first-order chi connectivity index (χ1) is 13.5. The summed E-state index contributed by atoms with van der Waals surface area (Å²) >= 11 is 0. The average Bonchev–Trinajstić information content (AvgIpc) is 2.71. The minimum absolute atomic E-state index is 0.106. The van der Waals surface area contributed by atoms with E-state index in [0.29, 0.717) is 35.1 Å². The molecule has 1 aromatic carbocycles. The number of anilines is 1. The molecule has 8 heteroatoms. The Morgan fingerprint density at radius 2 is 2.00 bits per heavy atom. The van der Waals surface area contributed by atoms with Crippen molar-refractivity contribution in [3.63, 3.8) is 0 Å². The fourth-order valence-corrected chi connectivity index (χ4v) is 3.74. The third-order valence-corrected chi connectivity index (χ3v) is 5.32. The maximum absolute atomic E-state index is 13.4. The summed E-state index contributed by atoms with van der Waals surface area (Å²) in [5.41, 5.74) is 0.303. The van der Waals surface area contributed by atoms with E-state index in [1.807, 2.05) is 6.07 Å². The molecule has 7 nitrogen and oxygen atoms in total. The summed E-state index contributed by atoms with van der Waals surface area (Å²) in [6.07, 6.45) is 3.39. The van der Waals surface area contributed by atoms with Crippen LogP contribution in [-0.2, 0) is 6.54 Å². The first-order valence-corrected chi connectivity index (χ1v) is 9.33. The quantitative estimate of drug-likeness (QED) is 0.689. The Labute approximate surface area is 161 Å². The van der Waals surface area contributed by atoms with Crippen molar-refractivity contribution in [3.8, 4) is 5.88 Å². The highest BCUT2D eigenvalue weighted by molar-refractivity contribution is 5.77. The molecular weight excluding hydrogens is 361 g/mol. The van der Waals surface area contributed by atoms with E-state index in [9.17, 15) is 9.18 Å². The van der Waals surface area contributed by atoms with Gasteiger partial charge in [0.05, 0.1) is 18.0 Å². The lowest BCUT2D eigenvalue weighted by Crippen LogP contribution is -2.37. The molecule has 4 rings (SSSR count). The standard InChI is InChI=1S/C20H22FN5O2/c1-13-24-17-9-15(21)3-4-16(17)20(27)26(13)11-14-5-7-25(8-6-14)18-10-19(28-2)23-12-22-18/h3-4,9-10,12,14H,5-8,11H2,1-2H3. The van der Waals surface area contributed by atoms with Crippen molar-refractivity contribution in [3.05, 3.63) is 52.6 Å². The number of hydrogen-bond donors (Lipinski definition) is 0. The summed E-state index contributed by atoms with van der Waals surface area (Å²) < 4.78 is 20.3. The number of methoxy groups -OCH3 is 1. The maximum atomic E-state index is 13.4. The first-order valence-electron chi connectivity index (χ1n) is 9.33. The summed E-state index contributed by atoms with van der Waals surface area (Å²) in [4.78, 5) is 27.9. The number of ether oxygens (including phenoxy) is 1. The van der Waals surface area contributed by atoms with Crippen molar-refractivity contribution < 1.29 is 9.13 Å². The smallest absolute Gasteiger partial charge is 0.261 e. The van der Waals surface area contributed by atoms with Crippen LogP contribution in [0.3, 0.4) is 0 Å². The number of aromatic nitrogens is 4. The molecule has 0 N–H and O–H groups in total. The fourth-order valence-electron chi connectivity index (χ4n) is 3.74. The minimum Gasteiger partial charge on any atom is -0.481 e. The Hall–Kier alpha value is -3.03. The molecular formula is C20H22FN5O2. The zero-order chi connectivity index (χ0) is 19.7. The van der Waals surface area contributed by atoms with E-state index in [-0.39, 0.29) is 11.4 Å². The van der Waals surface area contributed by atoms with Gasteiger partial charge in [0.1, 0.15) is 23.8 Å². The number of nitrogens with zero attached hydrogens (tertiary/aromatic N) is 5. The van der Waals surface area contributed by atoms with Crippen molar-refractivity contribution in [2.45, 2.75) is 26.3 Å². The van der Waals surface area contributed by atoms with Gasteiger partial charge in [-0.1, -0.05) is 0 Å². The van der Waals surface area contributed by atoms with Crippen LogP contribution in [0.2, 0.25) is 0 Å².